The van der Waals surface area contributed by atoms with Crippen molar-refractivity contribution in [2.24, 2.45) is 0 Å². The second-order valence-corrected chi connectivity index (χ2v) is 3.51. The number of fused-ring (bicyclic) bond motifs is 1. The molecule has 6 heteroatoms. The van der Waals surface area contributed by atoms with Gasteiger partial charge in [0.2, 0.25) is 5.95 Å². The zero-order chi connectivity index (χ0) is 10.1. The number of halogens is 1. The standard InChI is InChI=1S/C8H6BrN3O2/c9-4-2-1-3-5-6(4)11-7(10-5)12-8(13)14/h1-3H,(H,13,14)(H2,10,11,12). The summed E-state index contributed by atoms with van der Waals surface area (Å²) in [4.78, 5) is 17.2. The van der Waals surface area contributed by atoms with Gasteiger partial charge in [-0.25, -0.2) is 9.78 Å². The number of H-pyrrole nitrogens is 1. The lowest BCUT2D eigenvalue weighted by atomic mass is 10.3. The third-order valence-corrected chi connectivity index (χ3v) is 2.33. The SMILES string of the molecule is O=C(O)Nc1nc2c(Br)cccc2[nH]1. The molecule has 0 unspecified atom stereocenters. The molecule has 1 heterocycles. The van der Waals surface area contributed by atoms with Crippen LogP contribution in [0.2, 0.25) is 0 Å². The fourth-order valence-electron chi connectivity index (χ4n) is 1.16. The van der Waals surface area contributed by atoms with Crippen molar-refractivity contribution >= 4 is 39.0 Å². The molecule has 0 radical (unpaired) electrons. The molecule has 14 heavy (non-hydrogen) atoms. The number of aromatic nitrogens is 2. The fraction of sp³-hybridized carbons (Fsp3) is 0. The van der Waals surface area contributed by atoms with Gasteiger partial charge in [0, 0.05) is 4.47 Å². The lowest BCUT2D eigenvalue weighted by molar-refractivity contribution is 0.209. The van der Waals surface area contributed by atoms with Crippen molar-refractivity contribution in [3.63, 3.8) is 0 Å². The van der Waals surface area contributed by atoms with E-state index in [1.54, 1.807) is 0 Å². The fourth-order valence-corrected chi connectivity index (χ4v) is 1.61. The lowest BCUT2D eigenvalue weighted by Crippen LogP contribution is -2.08. The molecule has 0 saturated heterocycles. The maximum absolute atomic E-state index is 10.3. The summed E-state index contributed by atoms with van der Waals surface area (Å²) in [5.74, 6) is 0.222. The summed E-state index contributed by atoms with van der Waals surface area (Å²) in [5.41, 5.74) is 1.49. The van der Waals surface area contributed by atoms with E-state index >= 15 is 0 Å². The van der Waals surface area contributed by atoms with Crippen LogP contribution in [0.25, 0.3) is 11.0 Å². The van der Waals surface area contributed by atoms with Crippen molar-refractivity contribution in [2.75, 3.05) is 5.32 Å². The van der Waals surface area contributed by atoms with Crippen LogP contribution in [-0.4, -0.2) is 21.2 Å². The van der Waals surface area contributed by atoms with E-state index in [9.17, 15) is 4.79 Å². The van der Waals surface area contributed by atoms with E-state index in [1.165, 1.54) is 0 Å². The van der Waals surface area contributed by atoms with Crippen molar-refractivity contribution < 1.29 is 9.90 Å². The summed E-state index contributed by atoms with van der Waals surface area (Å²) in [6.07, 6.45) is -1.14. The summed E-state index contributed by atoms with van der Waals surface area (Å²) >= 11 is 3.32. The number of benzene rings is 1. The summed E-state index contributed by atoms with van der Waals surface area (Å²) in [5, 5.41) is 10.6. The maximum Gasteiger partial charge on any atom is 0.411 e. The predicted octanol–water partition coefficient (Wildman–Crippen LogP) is 2.42. The van der Waals surface area contributed by atoms with E-state index < -0.39 is 6.09 Å². The Morgan fingerprint density at radius 3 is 3.00 bits per heavy atom. The molecule has 1 amide bonds. The number of amides is 1. The van der Waals surface area contributed by atoms with Crippen molar-refractivity contribution in [3.8, 4) is 0 Å². The Kier molecular flexibility index (Phi) is 2.12. The van der Waals surface area contributed by atoms with Gasteiger partial charge in [0.1, 0.15) is 5.52 Å². The van der Waals surface area contributed by atoms with Crippen LogP contribution in [0.1, 0.15) is 0 Å². The summed E-state index contributed by atoms with van der Waals surface area (Å²) in [6.45, 7) is 0. The minimum atomic E-state index is -1.14. The van der Waals surface area contributed by atoms with Crippen molar-refractivity contribution in [1.29, 1.82) is 0 Å². The number of nitrogens with zero attached hydrogens (tertiary/aromatic N) is 1. The molecule has 0 atom stereocenters. The number of hydrogen-bond donors (Lipinski definition) is 3. The molecular weight excluding hydrogens is 250 g/mol. The third kappa shape index (κ3) is 1.56. The Hall–Kier alpha value is -1.56. The number of carbonyl (C=O) groups is 1. The number of para-hydroxylation sites is 1. The van der Waals surface area contributed by atoms with Crippen LogP contribution in [-0.2, 0) is 0 Å². The van der Waals surface area contributed by atoms with E-state index in [4.69, 9.17) is 5.11 Å². The zero-order valence-electron chi connectivity index (χ0n) is 6.91. The van der Waals surface area contributed by atoms with E-state index in [0.717, 1.165) is 9.99 Å². The Bertz CT molecular complexity index is 494. The minimum Gasteiger partial charge on any atom is -0.465 e. The molecule has 0 saturated carbocycles. The molecule has 0 aliphatic heterocycles. The van der Waals surface area contributed by atoms with Crippen molar-refractivity contribution in [1.82, 2.24) is 9.97 Å². The van der Waals surface area contributed by atoms with Gasteiger partial charge in [-0.2, -0.15) is 0 Å². The highest BCUT2D eigenvalue weighted by molar-refractivity contribution is 9.10. The van der Waals surface area contributed by atoms with E-state index in [2.05, 4.69) is 31.2 Å². The van der Waals surface area contributed by atoms with Gasteiger partial charge in [-0.05, 0) is 28.1 Å². The molecule has 1 aromatic carbocycles. The molecule has 72 valence electrons. The first-order valence-electron chi connectivity index (χ1n) is 3.81. The normalized spacial score (nSPS) is 10.4. The topological polar surface area (TPSA) is 78.0 Å². The largest absolute Gasteiger partial charge is 0.465 e. The van der Waals surface area contributed by atoms with Crippen LogP contribution in [0.4, 0.5) is 10.7 Å². The number of aromatic amines is 1. The van der Waals surface area contributed by atoms with Crippen molar-refractivity contribution in [3.05, 3.63) is 22.7 Å². The molecule has 2 rings (SSSR count). The average Bonchev–Trinajstić information content (AvgIpc) is 2.47. The molecule has 1 aromatic heterocycles. The van der Waals surface area contributed by atoms with Gasteiger partial charge in [0.05, 0.1) is 5.52 Å². The highest BCUT2D eigenvalue weighted by atomic mass is 79.9. The quantitative estimate of drug-likeness (QED) is 0.733. The molecule has 2 aromatic rings. The second-order valence-electron chi connectivity index (χ2n) is 2.65. The Morgan fingerprint density at radius 2 is 2.36 bits per heavy atom. The Balaban J connectivity index is 2.51. The van der Waals surface area contributed by atoms with Gasteiger partial charge in [-0.15, -0.1) is 0 Å². The van der Waals surface area contributed by atoms with Crippen LogP contribution in [0.5, 0.6) is 0 Å². The van der Waals surface area contributed by atoms with Gasteiger partial charge in [-0.3, -0.25) is 5.32 Å². The highest BCUT2D eigenvalue weighted by Crippen LogP contribution is 2.22. The third-order valence-electron chi connectivity index (χ3n) is 1.69. The molecule has 3 N–H and O–H groups in total. The average molecular weight is 256 g/mol. The minimum absolute atomic E-state index is 0.222. The second kappa shape index (κ2) is 3.30. The van der Waals surface area contributed by atoms with Gasteiger partial charge >= 0.3 is 6.09 Å². The number of nitrogens with one attached hydrogen (secondary N) is 2. The summed E-state index contributed by atoms with van der Waals surface area (Å²) in [7, 11) is 0. The number of rotatable bonds is 1. The Morgan fingerprint density at radius 1 is 1.57 bits per heavy atom. The molecular formula is C8H6BrN3O2. The van der Waals surface area contributed by atoms with Gasteiger partial charge in [-0.1, -0.05) is 6.07 Å². The van der Waals surface area contributed by atoms with Crippen LogP contribution in [0.15, 0.2) is 22.7 Å². The van der Waals surface area contributed by atoms with Crippen LogP contribution >= 0.6 is 15.9 Å². The Labute approximate surface area is 87.3 Å². The molecule has 5 nitrogen and oxygen atoms in total. The maximum atomic E-state index is 10.3. The van der Waals surface area contributed by atoms with Gasteiger partial charge < -0.3 is 10.1 Å². The molecule has 0 fully saturated rings. The van der Waals surface area contributed by atoms with E-state index in [1.807, 2.05) is 18.2 Å². The zero-order valence-corrected chi connectivity index (χ0v) is 8.50. The number of imidazole rings is 1. The molecule has 0 spiro atoms. The molecule has 0 aliphatic carbocycles. The van der Waals surface area contributed by atoms with E-state index in [0.29, 0.717) is 5.52 Å². The van der Waals surface area contributed by atoms with Crippen LogP contribution in [0, 0.1) is 0 Å². The first kappa shape index (κ1) is 9.01. The number of carboxylic acid groups (broad SMARTS) is 1. The van der Waals surface area contributed by atoms with Crippen LogP contribution in [0.3, 0.4) is 0 Å². The first-order chi connectivity index (χ1) is 6.66. The van der Waals surface area contributed by atoms with Gasteiger partial charge in [0.25, 0.3) is 0 Å². The predicted molar refractivity (Wildman–Crippen MR) is 55.4 cm³/mol. The van der Waals surface area contributed by atoms with Crippen molar-refractivity contribution in [2.45, 2.75) is 0 Å². The van der Waals surface area contributed by atoms with E-state index in [-0.39, 0.29) is 5.95 Å². The lowest BCUT2D eigenvalue weighted by Gasteiger charge is -1.90. The monoisotopic (exact) mass is 255 g/mol. The van der Waals surface area contributed by atoms with Crippen LogP contribution < -0.4 is 5.32 Å². The summed E-state index contributed by atoms with van der Waals surface area (Å²) < 4.78 is 0.824. The number of hydrogen-bond acceptors (Lipinski definition) is 2. The number of anilines is 1. The molecule has 0 bridgehead atoms. The smallest absolute Gasteiger partial charge is 0.411 e. The summed E-state index contributed by atoms with van der Waals surface area (Å²) in [6, 6.07) is 5.50. The van der Waals surface area contributed by atoms with Gasteiger partial charge in [0.15, 0.2) is 0 Å². The highest BCUT2D eigenvalue weighted by Gasteiger charge is 2.06. The first-order valence-corrected chi connectivity index (χ1v) is 4.60. The molecule has 0 aliphatic rings.